The van der Waals surface area contributed by atoms with Crippen molar-refractivity contribution in [3.63, 3.8) is 0 Å². The lowest BCUT2D eigenvalue weighted by Crippen LogP contribution is -2.34. The van der Waals surface area contributed by atoms with Crippen LogP contribution in [-0.2, 0) is 35.1 Å². The number of carboxylic acids is 2. The van der Waals surface area contributed by atoms with Gasteiger partial charge in [0.1, 0.15) is 31.0 Å². The lowest BCUT2D eigenvalue weighted by molar-refractivity contribution is -0.146. The second-order valence-electron chi connectivity index (χ2n) is 11.4. The number of benzene rings is 6. The van der Waals surface area contributed by atoms with Gasteiger partial charge in [-0.25, -0.2) is 9.59 Å². The molecule has 6 aromatic rings. The topological polar surface area (TPSA) is 130 Å². The lowest BCUT2D eigenvalue weighted by Gasteiger charge is -2.35. The van der Waals surface area contributed by atoms with Gasteiger partial charge in [-0.3, -0.25) is 4.79 Å². The first kappa shape index (κ1) is 42.5. The van der Waals surface area contributed by atoms with Crippen LogP contribution < -0.4 is 0 Å². The van der Waals surface area contributed by atoms with Crippen LogP contribution in [0.25, 0.3) is 0 Å². The standard InChI is InChI=1S/C21H17ClO2.C21H18O3.C2H4O3.CH4/c2*22-20(23)16-24-21(17-10-4-1-5-11-17,18-12-6-2-7-13-18)19-14-8-3-9-15-19;3-1-2(4)5;/h1-15H,16H2;1-15H,16H2,(H,22,23);3H,1H2,(H,4,5);1H4. The van der Waals surface area contributed by atoms with Crippen LogP contribution in [0, 0.1) is 0 Å². The van der Waals surface area contributed by atoms with Gasteiger partial charge in [-0.05, 0) is 45.0 Å². The Morgan fingerprint density at radius 2 is 0.630 bits per heavy atom. The van der Waals surface area contributed by atoms with E-state index >= 15 is 0 Å². The molecule has 6 aromatic carbocycles. The van der Waals surface area contributed by atoms with Crippen molar-refractivity contribution in [3.8, 4) is 0 Å². The third kappa shape index (κ3) is 11.1. The van der Waals surface area contributed by atoms with Crippen LogP contribution in [0.4, 0.5) is 0 Å². The fraction of sp³-hybridized carbons (Fsp3) is 0.133. The summed E-state index contributed by atoms with van der Waals surface area (Å²) < 4.78 is 12.2. The maximum absolute atomic E-state index is 11.4. The molecule has 3 N–H and O–H groups in total. The first-order valence-electron chi connectivity index (χ1n) is 16.6. The molecule has 0 saturated carbocycles. The van der Waals surface area contributed by atoms with Gasteiger partial charge < -0.3 is 24.8 Å². The van der Waals surface area contributed by atoms with Crippen LogP contribution in [0.15, 0.2) is 182 Å². The highest BCUT2D eigenvalue weighted by Gasteiger charge is 2.39. The number of carbonyl (C=O) groups is 3. The maximum atomic E-state index is 11.4. The Morgan fingerprint density at radius 1 is 0.426 bits per heavy atom. The number of rotatable bonds is 13. The van der Waals surface area contributed by atoms with E-state index in [1.165, 1.54) is 0 Å². The molecular formula is C45H43ClO8. The molecular weight excluding hydrogens is 704 g/mol. The second kappa shape index (κ2) is 21.6. The van der Waals surface area contributed by atoms with Gasteiger partial charge in [-0.2, -0.15) is 0 Å². The predicted molar refractivity (Wildman–Crippen MR) is 210 cm³/mol. The maximum Gasteiger partial charge on any atom is 0.329 e. The molecule has 0 atom stereocenters. The van der Waals surface area contributed by atoms with Crippen molar-refractivity contribution in [2.24, 2.45) is 0 Å². The average Bonchev–Trinajstić information content (AvgIpc) is 3.21. The number of hydrogen-bond acceptors (Lipinski definition) is 6. The summed E-state index contributed by atoms with van der Waals surface area (Å²) in [5.74, 6) is -2.19. The number of carboxylic acid groups (broad SMARTS) is 2. The normalized spacial score (nSPS) is 10.6. The highest BCUT2D eigenvalue weighted by atomic mass is 35.5. The van der Waals surface area contributed by atoms with Gasteiger partial charge in [-0.1, -0.05) is 189 Å². The third-order valence-corrected chi connectivity index (χ3v) is 8.14. The third-order valence-electron chi connectivity index (χ3n) is 8.03. The summed E-state index contributed by atoms with van der Waals surface area (Å²) in [6.45, 7) is -1.35. The molecule has 0 amide bonds. The Labute approximate surface area is 320 Å². The van der Waals surface area contributed by atoms with Crippen LogP contribution in [0.1, 0.15) is 40.8 Å². The SMILES string of the molecule is C.O=C(Cl)COC(c1ccccc1)(c1ccccc1)c1ccccc1.O=C(O)CO.O=C(O)COC(c1ccccc1)(c1ccccc1)c1ccccc1. The Hall–Kier alpha value is -5.90. The zero-order chi connectivity index (χ0) is 37.9. The molecule has 0 bridgehead atoms. The van der Waals surface area contributed by atoms with Gasteiger partial charge in [0.05, 0.1) is 0 Å². The average molecular weight is 747 g/mol. The minimum atomic E-state index is -1.19. The number of aliphatic carboxylic acids is 2. The van der Waals surface area contributed by atoms with Crippen LogP contribution in [0.2, 0.25) is 0 Å². The van der Waals surface area contributed by atoms with Crippen molar-refractivity contribution in [2.45, 2.75) is 18.6 Å². The smallest absolute Gasteiger partial charge is 0.329 e. The molecule has 0 aromatic heterocycles. The summed E-state index contributed by atoms with van der Waals surface area (Å²) in [5.41, 5.74) is 3.65. The van der Waals surface area contributed by atoms with E-state index in [9.17, 15) is 14.7 Å². The Balaban J connectivity index is 0.000000254. The van der Waals surface area contributed by atoms with Gasteiger partial charge in [0, 0.05) is 0 Å². The minimum Gasteiger partial charge on any atom is -0.480 e. The molecule has 54 heavy (non-hydrogen) atoms. The monoisotopic (exact) mass is 746 g/mol. The van der Waals surface area contributed by atoms with Crippen LogP contribution >= 0.6 is 11.6 Å². The minimum absolute atomic E-state index is 0. The summed E-state index contributed by atoms with van der Waals surface area (Å²) in [5, 5.41) is 23.7. The summed E-state index contributed by atoms with van der Waals surface area (Å²) in [7, 11) is 0. The largest absolute Gasteiger partial charge is 0.480 e. The van der Waals surface area contributed by atoms with Gasteiger partial charge in [0.25, 0.3) is 0 Å². The Morgan fingerprint density at radius 3 is 0.796 bits per heavy atom. The van der Waals surface area contributed by atoms with E-state index in [2.05, 4.69) is 0 Å². The van der Waals surface area contributed by atoms with Gasteiger partial charge in [-0.15, -0.1) is 0 Å². The van der Waals surface area contributed by atoms with Gasteiger partial charge in [0.2, 0.25) is 5.24 Å². The molecule has 0 unspecified atom stereocenters. The fourth-order valence-electron chi connectivity index (χ4n) is 5.87. The van der Waals surface area contributed by atoms with E-state index in [1.54, 1.807) is 0 Å². The molecule has 0 fully saturated rings. The summed E-state index contributed by atoms with van der Waals surface area (Å²) in [4.78, 5) is 31.8. The molecule has 0 aliphatic heterocycles. The molecule has 9 heteroatoms. The number of carbonyl (C=O) groups excluding carboxylic acids is 1. The molecule has 0 saturated heterocycles. The van der Waals surface area contributed by atoms with Crippen molar-refractivity contribution in [2.75, 3.05) is 19.8 Å². The first-order chi connectivity index (χ1) is 25.7. The Bertz CT molecular complexity index is 1640. The second-order valence-corrected chi connectivity index (χ2v) is 11.9. The molecule has 0 radical (unpaired) electrons. The predicted octanol–water partition coefficient (Wildman–Crippen LogP) is 8.54. The molecule has 0 aliphatic rings. The van der Waals surface area contributed by atoms with E-state index < -0.39 is 41.6 Å². The molecule has 6 rings (SSSR count). The molecule has 8 nitrogen and oxygen atoms in total. The van der Waals surface area contributed by atoms with Crippen LogP contribution in [0.5, 0.6) is 0 Å². The van der Waals surface area contributed by atoms with Crippen molar-refractivity contribution in [1.82, 2.24) is 0 Å². The number of halogens is 1. The van der Waals surface area contributed by atoms with Crippen LogP contribution in [0.3, 0.4) is 0 Å². The van der Waals surface area contributed by atoms with Crippen LogP contribution in [-0.4, -0.2) is 52.3 Å². The quantitative estimate of drug-likeness (QED) is 0.0792. The summed E-state index contributed by atoms with van der Waals surface area (Å²) >= 11 is 5.58. The van der Waals surface area contributed by atoms with E-state index in [1.807, 2.05) is 182 Å². The lowest BCUT2D eigenvalue weighted by atomic mass is 9.80. The highest BCUT2D eigenvalue weighted by molar-refractivity contribution is 6.63. The zero-order valence-corrected chi connectivity index (χ0v) is 29.5. The van der Waals surface area contributed by atoms with E-state index in [-0.39, 0.29) is 14.0 Å². The molecule has 278 valence electrons. The molecule has 0 spiro atoms. The summed E-state index contributed by atoms with van der Waals surface area (Å²) in [6.07, 6.45) is 0. The summed E-state index contributed by atoms with van der Waals surface area (Å²) in [6, 6.07) is 58.8. The van der Waals surface area contributed by atoms with E-state index in [0.717, 1.165) is 33.4 Å². The number of hydrogen-bond donors (Lipinski definition) is 3. The van der Waals surface area contributed by atoms with E-state index in [4.69, 9.17) is 36.1 Å². The Kier molecular flexibility index (Phi) is 17.0. The first-order valence-corrected chi connectivity index (χ1v) is 17.0. The number of aliphatic hydroxyl groups is 1. The van der Waals surface area contributed by atoms with E-state index in [0.29, 0.717) is 0 Å². The number of aliphatic hydroxyl groups excluding tert-OH is 1. The highest BCUT2D eigenvalue weighted by Crippen LogP contribution is 2.41. The van der Waals surface area contributed by atoms with Gasteiger partial charge in [0.15, 0.2) is 0 Å². The van der Waals surface area contributed by atoms with Crippen molar-refractivity contribution in [1.29, 1.82) is 0 Å². The molecule has 0 aliphatic carbocycles. The molecule has 0 heterocycles. The fourth-order valence-corrected chi connectivity index (χ4v) is 5.93. The van der Waals surface area contributed by atoms with Crippen molar-refractivity contribution < 1.29 is 39.2 Å². The van der Waals surface area contributed by atoms with Crippen molar-refractivity contribution >= 4 is 28.8 Å². The zero-order valence-electron chi connectivity index (χ0n) is 28.7. The van der Waals surface area contributed by atoms with Crippen molar-refractivity contribution in [3.05, 3.63) is 215 Å². The van der Waals surface area contributed by atoms with Gasteiger partial charge >= 0.3 is 11.9 Å². The number of ether oxygens (including phenoxy) is 2.